The van der Waals surface area contributed by atoms with E-state index in [1.54, 1.807) is 66.0 Å². The molecule has 1 aliphatic heterocycles. The number of hydrogen-bond acceptors (Lipinski definition) is 4. The van der Waals surface area contributed by atoms with Gasteiger partial charge in [0.05, 0.1) is 16.7 Å². The van der Waals surface area contributed by atoms with E-state index in [4.69, 9.17) is 0 Å². The highest BCUT2D eigenvalue weighted by Gasteiger charge is 2.26. The molecule has 2 N–H and O–H groups in total. The molecule has 2 aromatic heterocycles. The number of aromatic nitrogens is 4. The second kappa shape index (κ2) is 9.44. The molecule has 0 aliphatic carbocycles. The number of aromatic amines is 1. The van der Waals surface area contributed by atoms with Crippen LogP contribution in [0.1, 0.15) is 29.6 Å². The second-order valence-electron chi connectivity index (χ2n) is 9.24. The number of benzene rings is 2. The third-order valence-corrected chi connectivity index (χ3v) is 6.90. The zero-order valence-corrected chi connectivity index (χ0v) is 20.1. The van der Waals surface area contributed by atoms with Crippen LogP contribution < -0.4 is 11.0 Å². The molecule has 36 heavy (non-hydrogen) atoms. The molecule has 1 aliphatic rings. The zero-order chi connectivity index (χ0) is 25.4. The zero-order valence-electron chi connectivity index (χ0n) is 20.1. The van der Waals surface area contributed by atoms with Crippen molar-refractivity contribution in [2.45, 2.75) is 19.3 Å². The van der Waals surface area contributed by atoms with Gasteiger partial charge in [0.2, 0.25) is 5.91 Å². The molecule has 3 heterocycles. The van der Waals surface area contributed by atoms with Crippen molar-refractivity contribution < 1.29 is 14.0 Å². The summed E-state index contributed by atoms with van der Waals surface area (Å²) in [5.74, 6) is -0.115. The molecular weight excluding hydrogens is 463 g/mol. The van der Waals surface area contributed by atoms with E-state index in [9.17, 15) is 18.8 Å². The Morgan fingerprint density at radius 1 is 1.06 bits per heavy atom. The SMILES string of the molecule is Cn1c(=O)n(C)c2cc(C(=O)N3CCC(CC(=O)Nc4cc(-c5ccccc5F)[nH]n4)CC3)ccc21. The summed E-state index contributed by atoms with van der Waals surface area (Å²) in [6.07, 6.45) is 1.75. The maximum atomic E-state index is 14.0. The summed E-state index contributed by atoms with van der Waals surface area (Å²) in [4.78, 5) is 39.6. The van der Waals surface area contributed by atoms with Crippen LogP contribution in [0, 0.1) is 11.7 Å². The van der Waals surface area contributed by atoms with E-state index in [0.29, 0.717) is 55.0 Å². The highest BCUT2D eigenvalue weighted by Crippen LogP contribution is 2.25. The Bertz CT molecular complexity index is 1510. The number of halogens is 1. The van der Waals surface area contributed by atoms with Gasteiger partial charge in [0.1, 0.15) is 5.82 Å². The predicted octanol–water partition coefficient (Wildman–Crippen LogP) is 3.29. The standard InChI is InChI=1S/C26H27FN6O3/c1-31-21-8-7-17(14-22(21)32(2)26(31)36)25(35)33-11-9-16(10-12-33)13-24(34)28-23-15-20(29-30-23)18-5-3-4-6-19(18)27/h3-8,14-16H,9-13H2,1-2H3,(H2,28,29,30,34). The molecule has 9 nitrogen and oxygen atoms in total. The fourth-order valence-corrected chi connectivity index (χ4v) is 4.82. The largest absolute Gasteiger partial charge is 0.339 e. The van der Waals surface area contributed by atoms with E-state index in [2.05, 4.69) is 15.5 Å². The van der Waals surface area contributed by atoms with Crippen LogP contribution in [0.2, 0.25) is 0 Å². The van der Waals surface area contributed by atoms with Crippen LogP contribution in [0.4, 0.5) is 10.2 Å². The Morgan fingerprint density at radius 3 is 2.53 bits per heavy atom. The molecule has 1 fully saturated rings. The van der Waals surface area contributed by atoms with Gasteiger partial charge in [-0.2, -0.15) is 5.10 Å². The minimum atomic E-state index is -0.368. The maximum Gasteiger partial charge on any atom is 0.328 e. The Balaban J connectivity index is 1.16. The minimum Gasteiger partial charge on any atom is -0.339 e. The summed E-state index contributed by atoms with van der Waals surface area (Å²) in [7, 11) is 3.40. The van der Waals surface area contributed by atoms with Crippen LogP contribution in [0.3, 0.4) is 0 Å². The number of nitrogens with one attached hydrogen (secondary N) is 2. The second-order valence-corrected chi connectivity index (χ2v) is 9.24. The van der Waals surface area contributed by atoms with E-state index in [1.807, 2.05) is 0 Å². The van der Waals surface area contributed by atoms with Gasteiger partial charge in [0.15, 0.2) is 5.82 Å². The van der Waals surface area contributed by atoms with Gasteiger partial charge in [0, 0.05) is 50.8 Å². The molecule has 0 bridgehead atoms. The van der Waals surface area contributed by atoms with E-state index in [1.165, 1.54) is 10.6 Å². The lowest BCUT2D eigenvalue weighted by molar-refractivity contribution is -0.117. The number of piperidine rings is 1. The fraction of sp³-hybridized carbons (Fsp3) is 0.308. The predicted molar refractivity (Wildman–Crippen MR) is 134 cm³/mol. The number of anilines is 1. The number of fused-ring (bicyclic) bond motifs is 1. The van der Waals surface area contributed by atoms with Crippen molar-refractivity contribution in [2.24, 2.45) is 20.0 Å². The Kier molecular flexibility index (Phi) is 6.17. The van der Waals surface area contributed by atoms with Crippen molar-refractivity contribution in [1.29, 1.82) is 0 Å². The highest BCUT2D eigenvalue weighted by molar-refractivity contribution is 5.97. The molecule has 0 atom stereocenters. The third kappa shape index (κ3) is 4.41. The van der Waals surface area contributed by atoms with Crippen LogP contribution >= 0.6 is 0 Å². The van der Waals surface area contributed by atoms with Gasteiger partial charge in [-0.3, -0.25) is 23.8 Å². The van der Waals surface area contributed by atoms with Gasteiger partial charge in [-0.25, -0.2) is 9.18 Å². The first-order valence-electron chi connectivity index (χ1n) is 11.9. The maximum absolute atomic E-state index is 14.0. The van der Waals surface area contributed by atoms with Crippen LogP contribution in [0.5, 0.6) is 0 Å². The van der Waals surface area contributed by atoms with Crippen LogP contribution in [0.15, 0.2) is 53.3 Å². The first kappa shape index (κ1) is 23.5. The van der Waals surface area contributed by atoms with Crippen molar-refractivity contribution in [3.63, 3.8) is 0 Å². The average molecular weight is 491 g/mol. The molecule has 0 spiro atoms. The molecular formula is C26H27FN6O3. The van der Waals surface area contributed by atoms with E-state index in [0.717, 1.165) is 11.0 Å². The Morgan fingerprint density at radius 2 is 1.78 bits per heavy atom. The number of imidazole rings is 1. The Labute approximate surface area is 206 Å². The summed E-state index contributed by atoms with van der Waals surface area (Å²) < 4.78 is 17.1. The van der Waals surface area contributed by atoms with E-state index >= 15 is 0 Å². The van der Waals surface area contributed by atoms with Gasteiger partial charge in [-0.15, -0.1) is 0 Å². The molecule has 186 valence electrons. The quantitative estimate of drug-likeness (QED) is 0.448. The topological polar surface area (TPSA) is 105 Å². The molecule has 4 aromatic rings. The lowest BCUT2D eigenvalue weighted by Crippen LogP contribution is -2.39. The fourth-order valence-electron chi connectivity index (χ4n) is 4.82. The van der Waals surface area contributed by atoms with Gasteiger partial charge in [0.25, 0.3) is 5.91 Å². The number of aryl methyl sites for hydroxylation is 2. The van der Waals surface area contributed by atoms with Crippen LogP contribution in [0.25, 0.3) is 22.3 Å². The number of hydrogen-bond donors (Lipinski definition) is 2. The molecule has 0 saturated carbocycles. The molecule has 1 saturated heterocycles. The summed E-state index contributed by atoms with van der Waals surface area (Å²) in [6, 6.07) is 13.3. The van der Waals surface area contributed by atoms with Crippen LogP contribution in [-0.4, -0.2) is 49.1 Å². The normalized spacial score (nSPS) is 14.4. The summed E-state index contributed by atoms with van der Waals surface area (Å²) >= 11 is 0. The first-order chi connectivity index (χ1) is 17.3. The monoisotopic (exact) mass is 490 g/mol. The Hall–Kier alpha value is -4.21. The van der Waals surface area contributed by atoms with E-state index in [-0.39, 0.29) is 29.2 Å². The number of carbonyl (C=O) groups excluding carboxylic acids is 2. The lowest BCUT2D eigenvalue weighted by Gasteiger charge is -2.31. The van der Waals surface area contributed by atoms with Crippen molar-refractivity contribution in [1.82, 2.24) is 24.2 Å². The number of likely N-dealkylation sites (tertiary alicyclic amines) is 1. The molecule has 0 unspecified atom stereocenters. The third-order valence-electron chi connectivity index (χ3n) is 6.90. The van der Waals surface area contributed by atoms with Gasteiger partial charge >= 0.3 is 5.69 Å². The van der Waals surface area contributed by atoms with Crippen LogP contribution in [-0.2, 0) is 18.9 Å². The van der Waals surface area contributed by atoms with Gasteiger partial charge < -0.3 is 10.2 Å². The number of amides is 2. The summed E-state index contributed by atoms with van der Waals surface area (Å²) in [5, 5.41) is 9.60. The van der Waals surface area contributed by atoms with Crippen molar-refractivity contribution in [2.75, 3.05) is 18.4 Å². The highest BCUT2D eigenvalue weighted by atomic mass is 19.1. The lowest BCUT2D eigenvalue weighted by atomic mass is 9.93. The van der Waals surface area contributed by atoms with Crippen molar-refractivity contribution >= 4 is 28.7 Å². The van der Waals surface area contributed by atoms with E-state index < -0.39 is 0 Å². The summed E-state index contributed by atoms with van der Waals surface area (Å²) in [5.41, 5.74) is 2.79. The molecule has 5 rings (SSSR count). The number of carbonyl (C=O) groups is 2. The number of nitrogens with zero attached hydrogens (tertiary/aromatic N) is 4. The number of H-pyrrole nitrogens is 1. The smallest absolute Gasteiger partial charge is 0.328 e. The van der Waals surface area contributed by atoms with Gasteiger partial charge in [-0.05, 0) is 49.1 Å². The van der Waals surface area contributed by atoms with Crippen molar-refractivity contribution in [3.05, 3.63) is 70.4 Å². The molecule has 2 aromatic carbocycles. The van der Waals surface area contributed by atoms with Gasteiger partial charge in [-0.1, -0.05) is 12.1 Å². The van der Waals surface area contributed by atoms with Crippen molar-refractivity contribution in [3.8, 4) is 11.3 Å². The summed E-state index contributed by atoms with van der Waals surface area (Å²) in [6.45, 7) is 1.12. The minimum absolute atomic E-state index is 0.0756. The molecule has 0 radical (unpaired) electrons. The number of rotatable bonds is 5. The molecule has 10 heteroatoms. The molecule has 2 amide bonds. The first-order valence-corrected chi connectivity index (χ1v) is 11.9. The average Bonchev–Trinajstić information content (AvgIpc) is 3.42.